The van der Waals surface area contributed by atoms with E-state index in [4.69, 9.17) is 0 Å². The maximum atomic E-state index is 12.0. The molecule has 4 heteroatoms. The molecule has 1 heterocycles. The van der Waals surface area contributed by atoms with E-state index in [-0.39, 0.29) is 5.91 Å². The van der Waals surface area contributed by atoms with Crippen LogP contribution in [0.4, 0.5) is 0 Å². The number of rotatable bonds is 6. The van der Waals surface area contributed by atoms with Crippen LogP contribution in [0.1, 0.15) is 23.1 Å². The summed E-state index contributed by atoms with van der Waals surface area (Å²) in [4.78, 5) is 12.0. The molecule has 0 atom stereocenters. The lowest BCUT2D eigenvalue weighted by Crippen LogP contribution is -2.22. The Morgan fingerprint density at radius 1 is 1.04 bits per heavy atom. The van der Waals surface area contributed by atoms with Crippen LogP contribution >= 0.6 is 0 Å². The third-order valence-corrected chi connectivity index (χ3v) is 3.91. The Bertz CT molecular complexity index is 791. The molecule has 0 aliphatic carbocycles. The van der Waals surface area contributed by atoms with Gasteiger partial charge in [0, 0.05) is 24.7 Å². The van der Waals surface area contributed by atoms with Crippen LogP contribution < -0.4 is 5.32 Å². The largest absolute Gasteiger partial charge is 0.352 e. The predicted octanol–water partition coefficient (Wildman–Crippen LogP) is 3.43. The van der Waals surface area contributed by atoms with E-state index < -0.39 is 0 Å². The minimum Gasteiger partial charge on any atom is -0.352 e. The van der Waals surface area contributed by atoms with Crippen LogP contribution in [0.5, 0.6) is 0 Å². The Morgan fingerprint density at radius 3 is 2.54 bits per heavy atom. The Kier molecular flexibility index (Phi) is 5.06. The summed E-state index contributed by atoms with van der Waals surface area (Å²) in [5, 5.41) is 7.28. The van der Waals surface area contributed by atoms with Crippen molar-refractivity contribution in [3.63, 3.8) is 0 Å². The lowest BCUT2D eigenvalue weighted by Gasteiger charge is -2.04. The standard InChI is InChI=1S/C20H21N3O/c1-16-7-9-17(10-8-16)11-12-20(24)21-13-18-14-22-23(15-18)19-5-3-2-4-6-19/h2-10,14-15H,11-13H2,1H3,(H,21,24). The van der Waals surface area contributed by atoms with E-state index in [1.807, 2.05) is 41.2 Å². The maximum absolute atomic E-state index is 12.0. The highest BCUT2D eigenvalue weighted by molar-refractivity contribution is 5.76. The van der Waals surface area contributed by atoms with Gasteiger partial charge in [0.15, 0.2) is 0 Å². The maximum Gasteiger partial charge on any atom is 0.220 e. The third kappa shape index (κ3) is 4.32. The molecule has 3 rings (SSSR count). The van der Waals surface area contributed by atoms with Crippen molar-refractivity contribution in [2.24, 2.45) is 0 Å². The zero-order chi connectivity index (χ0) is 16.8. The van der Waals surface area contributed by atoms with Gasteiger partial charge in [0.05, 0.1) is 11.9 Å². The zero-order valence-corrected chi connectivity index (χ0v) is 13.8. The Hall–Kier alpha value is -2.88. The number of carbonyl (C=O) groups excluding carboxylic acids is 1. The number of hydrogen-bond donors (Lipinski definition) is 1. The first-order valence-electron chi connectivity index (χ1n) is 8.12. The molecule has 0 saturated carbocycles. The summed E-state index contributed by atoms with van der Waals surface area (Å²) in [6.45, 7) is 2.56. The van der Waals surface area contributed by atoms with E-state index in [0.29, 0.717) is 13.0 Å². The molecule has 24 heavy (non-hydrogen) atoms. The average molecular weight is 319 g/mol. The minimum absolute atomic E-state index is 0.0584. The van der Waals surface area contributed by atoms with Crippen molar-refractivity contribution in [1.29, 1.82) is 0 Å². The number of aromatic nitrogens is 2. The molecule has 0 radical (unpaired) electrons. The molecular formula is C20H21N3O. The van der Waals surface area contributed by atoms with Gasteiger partial charge in [-0.15, -0.1) is 0 Å². The Morgan fingerprint density at radius 2 is 1.79 bits per heavy atom. The molecule has 3 aromatic rings. The number of nitrogens with zero attached hydrogens (tertiary/aromatic N) is 2. The fraction of sp³-hybridized carbons (Fsp3) is 0.200. The van der Waals surface area contributed by atoms with Gasteiger partial charge in [-0.05, 0) is 31.0 Å². The topological polar surface area (TPSA) is 46.9 Å². The monoisotopic (exact) mass is 319 g/mol. The molecule has 0 spiro atoms. The molecule has 0 aliphatic rings. The van der Waals surface area contributed by atoms with E-state index >= 15 is 0 Å². The van der Waals surface area contributed by atoms with Gasteiger partial charge in [-0.1, -0.05) is 48.0 Å². The number of para-hydroxylation sites is 1. The number of amides is 1. The van der Waals surface area contributed by atoms with Gasteiger partial charge in [-0.25, -0.2) is 4.68 Å². The molecule has 0 aliphatic heterocycles. The molecule has 0 bridgehead atoms. The van der Waals surface area contributed by atoms with Crippen molar-refractivity contribution < 1.29 is 4.79 Å². The molecular weight excluding hydrogens is 298 g/mol. The SMILES string of the molecule is Cc1ccc(CCC(=O)NCc2cnn(-c3ccccc3)c2)cc1. The van der Waals surface area contributed by atoms with Gasteiger partial charge in [0.2, 0.25) is 5.91 Å². The van der Waals surface area contributed by atoms with Gasteiger partial charge in [-0.2, -0.15) is 5.10 Å². The fourth-order valence-electron chi connectivity index (χ4n) is 2.47. The Labute approximate surface area is 142 Å². The summed E-state index contributed by atoms with van der Waals surface area (Å²) in [5.41, 5.74) is 4.42. The van der Waals surface area contributed by atoms with Crippen molar-refractivity contribution >= 4 is 5.91 Å². The van der Waals surface area contributed by atoms with E-state index in [1.54, 1.807) is 6.20 Å². The lowest BCUT2D eigenvalue weighted by atomic mass is 10.1. The number of carbonyl (C=O) groups is 1. The van der Waals surface area contributed by atoms with Crippen molar-refractivity contribution in [3.05, 3.63) is 83.7 Å². The number of hydrogen-bond acceptors (Lipinski definition) is 2. The molecule has 122 valence electrons. The average Bonchev–Trinajstić information content (AvgIpc) is 3.09. The second-order valence-corrected chi connectivity index (χ2v) is 5.89. The molecule has 1 aromatic heterocycles. The van der Waals surface area contributed by atoms with Crippen LogP contribution in [-0.2, 0) is 17.8 Å². The van der Waals surface area contributed by atoms with Crippen LogP contribution in [0.2, 0.25) is 0 Å². The van der Waals surface area contributed by atoms with Gasteiger partial charge in [0.1, 0.15) is 0 Å². The quantitative estimate of drug-likeness (QED) is 0.756. The molecule has 4 nitrogen and oxygen atoms in total. The van der Waals surface area contributed by atoms with Gasteiger partial charge >= 0.3 is 0 Å². The lowest BCUT2D eigenvalue weighted by molar-refractivity contribution is -0.121. The first-order valence-corrected chi connectivity index (χ1v) is 8.12. The van der Waals surface area contributed by atoms with Gasteiger partial charge in [-0.3, -0.25) is 4.79 Å². The van der Waals surface area contributed by atoms with Gasteiger partial charge < -0.3 is 5.32 Å². The first kappa shape index (κ1) is 16.0. The summed E-state index contributed by atoms with van der Waals surface area (Å²) in [5.74, 6) is 0.0584. The van der Waals surface area contributed by atoms with Gasteiger partial charge in [0.25, 0.3) is 0 Å². The highest BCUT2D eigenvalue weighted by Gasteiger charge is 2.05. The predicted molar refractivity (Wildman–Crippen MR) is 94.9 cm³/mol. The smallest absolute Gasteiger partial charge is 0.220 e. The molecule has 1 amide bonds. The van der Waals surface area contributed by atoms with Crippen molar-refractivity contribution in [2.75, 3.05) is 0 Å². The summed E-state index contributed by atoms with van der Waals surface area (Å²) in [6.07, 6.45) is 4.98. The van der Waals surface area contributed by atoms with Crippen LogP contribution in [0.25, 0.3) is 5.69 Å². The fourth-order valence-corrected chi connectivity index (χ4v) is 2.47. The van der Waals surface area contributed by atoms with Crippen LogP contribution in [0, 0.1) is 6.92 Å². The summed E-state index contributed by atoms with van der Waals surface area (Å²) < 4.78 is 1.81. The molecule has 1 N–H and O–H groups in total. The normalized spacial score (nSPS) is 10.5. The summed E-state index contributed by atoms with van der Waals surface area (Å²) in [6, 6.07) is 18.2. The number of nitrogens with one attached hydrogen (secondary N) is 1. The highest BCUT2D eigenvalue weighted by atomic mass is 16.1. The first-order chi connectivity index (χ1) is 11.7. The second-order valence-electron chi connectivity index (χ2n) is 5.89. The van der Waals surface area contributed by atoms with E-state index in [0.717, 1.165) is 17.7 Å². The van der Waals surface area contributed by atoms with E-state index in [2.05, 4.69) is 41.6 Å². The van der Waals surface area contributed by atoms with E-state index in [9.17, 15) is 4.79 Å². The number of benzene rings is 2. The van der Waals surface area contributed by atoms with E-state index in [1.165, 1.54) is 11.1 Å². The van der Waals surface area contributed by atoms with Crippen LogP contribution in [-0.4, -0.2) is 15.7 Å². The van der Waals surface area contributed by atoms with Crippen molar-refractivity contribution in [1.82, 2.24) is 15.1 Å². The molecule has 0 saturated heterocycles. The van der Waals surface area contributed by atoms with Crippen molar-refractivity contribution in [2.45, 2.75) is 26.3 Å². The summed E-state index contributed by atoms with van der Waals surface area (Å²) >= 11 is 0. The molecule has 2 aromatic carbocycles. The van der Waals surface area contributed by atoms with Crippen molar-refractivity contribution in [3.8, 4) is 5.69 Å². The van der Waals surface area contributed by atoms with Crippen LogP contribution in [0.3, 0.4) is 0 Å². The minimum atomic E-state index is 0.0584. The Balaban J connectivity index is 1.48. The summed E-state index contributed by atoms with van der Waals surface area (Å²) in [7, 11) is 0. The number of aryl methyl sites for hydroxylation is 2. The highest BCUT2D eigenvalue weighted by Crippen LogP contribution is 2.08. The molecule has 0 fully saturated rings. The molecule has 0 unspecified atom stereocenters. The third-order valence-electron chi connectivity index (χ3n) is 3.91. The van der Waals surface area contributed by atoms with Crippen LogP contribution in [0.15, 0.2) is 67.0 Å². The second kappa shape index (κ2) is 7.59. The zero-order valence-electron chi connectivity index (χ0n) is 13.8.